The van der Waals surface area contributed by atoms with E-state index in [0.29, 0.717) is 80.4 Å². The molecule has 51 heteroatoms. The number of phosphoric ester groups is 1. The van der Waals surface area contributed by atoms with E-state index in [1.807, 2.05) is 46.8 Å². The van der Waals surface area contributed by atoms with Gasteiger partial charge in [0, 0.05) is 148 Å². The number of carboxylic acid groups (broad SMARTS) is 4. The minimum Gasteiger partial charge on any atom is -0.756 e. The molecule has 0 radical (unpaired) electrons. The van der Waals surface area contributed by atoms with Crippen molar-refractivity contribution in [3.8, 4) is 0 Å². The number of unbranched alkanes of at least 4 members (excludes halogenated alkanes) is 1. The number of aliphatic hydroxyl groups excluding tert-OH is 4. The number of anilines is 1. The molecule has 1 aromatic carbocycles. The summed E-state index contributed by atoms with van der Waals surface area (Å²) in [5.41, 5.74) is 36.6. The fourth-order valence-corrected chi connectivity index (χ4v) is 21.5. The number of aliphatic carboxylic acids is 4. The summed E-state index contributed by atoms with van der Waals surface area (Å²) in [6.07, 6.45) is -6.22. The van der Waals surface area contributed by atoms with Crippen LogP contribution in [0.5, 0.6) is 0 Å². The molecule has 48 nitrogen and oxygen atoms in total. The molecule has 7 aliphatic rings. The van der Waals surface area contributed by atoms with Crippen LogP contribution in [-0.2, 0) is 97.4 Å². The molecule has 4 aromatic rings. The summed E-state index contributed by atoms with van der Waals surface area (Å²) in [6.45, 7) is 18.9. The first-order valence-electron chi connectivity index (χ1n) is 45.8. The Bertz CT molecular complexity index is 5530. The van der Waals surface area contributed by atoms with Crippen LogP contribution >= 0.6 is 7.82 Å². The monoisotopic (exact) mass is 2140 g/mol. The largest absolute Gasteiger partial charge is 3.00 e. The number of nitrogens with one attached hydrogen (secondary N) is 3. The first-order chi connectivity index (χ1) is 65.1. The van der Waals surface area contributed by atoms with Gasteiger partial charge in [-0.05, 0) is 138 Å². The quantitative estimate of drug-likeness (QED) is 0.0151. The van der Waals surface area contributed by atoms with Gasteiger partial charge in [-0.3, -0.25) is 96.3 Å². The smallest absolute Gasteiger partial charge is 0.756 e. The average molecular weight is 2140 g/mol. The Balaban J connectivity index is 0.00000108. The topological polar surface area (TPSA) is 758 Å². The van der Waals surface area contributed by atoms with E-state index in [4.69, 9.17) is 73.2 Å². The summed E-state index contributed by atoms with van der Waals surface area (Å²) in [6, 6.07) is 2.50. The molecule has 3 aromatic heterocycles. The van der Waals surface area contributed by atoms with Crippen LogP contribution in [-0.4, -0.2) is 338 Å². The van der Waals surface area contributed by atoms with Gasteiger partial charge in [-0.25, -0.2) is 19.9 Å². The van der Waals surface area contributed by atoms with Gasteiger partial charge in [0.2, 0.25) is 47.3 Å². The summed E-state index contributed by atoms with van der Waals surface area (Å²) in [4.78, 5) is 207. The van der Waals surface area contributed by atoms with Crippen LogP contribution in [0.2, 0.25) is 0 Å². The number of ether oxygens (including phenoxy) is 2. The third-order valence-corrected chi connectivity index (χ3v) is 29.1. The zero-order valence-electron chi connectivity index (χ0n) is 80.7. The van der Waals surface area contributed by atoms with Crippen molar-refractivity contribution < 1.29 is 143 Å². The van der Waals surface area contributed by atoms with Crippen molar-refractivity contribution in [1.82, 2.24) is 59.7 Å². The molecule has 11 rings (SSSR count). The summed E-state index contributed by atoms with van der Waals surface area (Å²) in [5, 5.41) is 93.3. The van der Waals surface area contributed by atoms with Crippen LogP contribution in [0.25, 0.3) is 27.5 Å². The first kappa shape index (κ1) is 116. The van der Waals surface area contributed by atoms with Gasteiger partial charge in [-0.2, -0.15) is 5.70 Å². The predicted octanol–water partition coefficient (Wildman–Crippen LogP) is -0.434. The number of carbonyl (C=O) groups excluding carboxylic acids is 8. The minimum atomic E-state index is -5.40. The summed E-state index contributed by atoms with van der Waals surface area (Å²) in [5.74, 6) is -13.5. The fourth-order valence-electron chi connectivity index (χ4n) is 20.4. The SMILES string of the molecule is C/C1=C2/[N-][C@H]([C@H](CC(N)=O)[C@@]2(C)CCC(=O)NC[C@@H](C)OP(=O)([O-])O[C@H]2[C@@H](O)[C@@H](n3cnc4cc(C)c(C)cc43)O[C@@H]2CO)[C@]2(C)N=C(/C(C)=C3N=C(/C=C4N=C1[C@@H](CCC(N)=O)C\4(C)C)[C@@H](CCC(N)=O)[C@]\3(C)CC(N)=O)[C@@H](CCC(=O)NCCCCNC(=O)CN(CCN(CC(=O)O)CC(=O)O)CCN(CC(=O)O)CC(=O)O)[C@]2(C)CC(N)=O.[111In+3].[CH2-][C@H]1O[C@@H](n2cnc3c(N)ncnc32)[C@H](O)[C@@H]1O.[Co+3]. The molecule has 23 N–H and O–H groups in total. The number of nitrogen functional groups attached to an aromatic ring is 1. The van der Waals surface area contributed by atoms with Crippen molar-refractivity contribution >= 4 is 150 Å². The second kappa shape index (κ2) is 48.5. The van der Waals surface area contributed by atoms with Gasteiger partial charge in [-0.15, -0.1) is 0 Å². The molecule has 7 aliphatic heterocycles. The summed E-state index contributed by atoms with van der Waals surface area (Å²) < 4.78 is 39.0. The number of fused-ring (bicyclic) bond motifs is 8. The van der Waals surface area contributed by atoms with E-state index in [2.05, 4.69) is 42.8 Å². The molecule has 8 amide bonds. The number of benzene rings is 1. The zero-order valence-corrected chi connectivity index (χ0v) is 85.9. The number of allylic oxidation sites excluding steroid dienone is 6. The number of carbonyl (C=O) groups is 12. The number of carboxylic acids is 4. The average Bonchev–Trinajstić information content (AvgIpc) is 1.52. The van der Waals surface area contributed by atoms with Crippen LogP contribution in [0, 0.1) is 66.1 Å². The number of hydrogen-bond donors (Lipinski definition) is 17. The number of imidazole rings is 2. The molecule has 0 spiro atoms. The molecule has 3 saturated heterocycles. The van der Waals surface area contributed by atoms with E-state index in [1.165, 1.54) is 39.9 Å². The Morgan fingerprint density at radius 1 is 0.631 bits per heavy atom. The molecule has 0 aliphatic carbocycles. The normalized spacial score (nSPS) is 28.5. The number of aryl methyl sites for hydroxylation is 2. The van der Waals surface area contributed by atoms with E-state index in [9.17, 15) is 108 Å². The van der Waals surface area contributed by atoms with Gasteiger partial charge in [-0.1, -0.05) is 40.7 Å². The number of nitrogens with two attached hydrogens (primary N) is 6. The van der Waals surface area contributed by atoms with Crippen LogP contribution in [0.15, 0.2) is 80.4 Å². The number of nitrogens with zero attached hydrogens (tertiary/aromatic N) is 13. The first-order valence-corrected chi connectivity index (χ1v) is 47.3. The van der Waals surface area contributed by atoms with Crippen molar-refractivity contribution in [2.45, 2.75) is 226 Å². The number of primary amides is 5. The van der Waals surface area contributed by atoms with E-state index in [-0.39, 0.29) is 152 Å². The molecule has 0 saturated carbocycles. The third-order valence-electron chi connectivity index (χ3n) is 28.0. The van der Waals surface area contributed by atoms with Gasteiger partial charge in [0.15, 0.2) is 23.9 Å². The second-order valence-corrected chi connectivity index (χ2v) is 39.6. The van der Waals surface area contributed by atoms with Crippen molar-refractivity contribution in [2.75, 3.05) is 90.9 Å². The number of phosphoric acid groups is 1. The minimum absolute atomic E-state index is 0. The van der Waals surface area contributed by atoms with Gasteiger partial charge < -0.3 is 131 Å². The molecule has 770 valence electrons. The van der Waals surface area contributed by atoms with Crippen LogP contribution < -0.4 is 55.2 Å². The van der Waals surface area contributed by atoms with Crippen molar-refractivity contribution in [3.05, 3.63) is 88.8 Å². The van der Waals surface area contributed by atoms with Gasteiger partial charge in [0.1, 0.15) is 36.3 Å². The number of aliphatic imine (C=N–C) groups is 3. The van der Waals surface area contributed by atoms with Gasteiger partial charge in [0.25, 0.3) is 7.82 Å². The van der Waals surface area contributed by atoms with Crippen molar-refractivity contribution in [2.24, 2.45) is 89.0 Å². The van der Waals surface area contributed by atoms with E-state index in [0.717, 1.165) is 20.9 Å². The van der Waals surface area contributed by atoms with Crippen molar-refractivity contribution in [3.63, 3.8) is 0 Å². The second-order valence-electron chi connectivity index (χ2n) is 38.3. The molecular formula is C90H130CoInN22O26P+3. The maximum Gasteiger partial charge on any atom is 3.00 e. The number of hydrogen-bond acceptors (Lipinski definition) is 33. The standard InChI is InChI=1S/C80H120N17O23P.C10H12N5O3.Co.In/c1-42-28-52-53(29-43(42)2)97(41-89-52)75-70(115)71(54(40-98)118-75)120-121(116,117)119-44(3)34-88-62(105)20-21-77(8)50(30-58(83)101)74-80(11)79(10,33-60(85)103)49(16-19-61(104)86-22-12-13-23-87-63(106)35-94(24-26-95(36-64(107)108)37-65(109)110)25-27-96(38-66(111)112)39-67(113)114)69(93-80)46(5)73-78(9,32-59(84)102)47(14-17-56(81)99)51(90-73)31-55-76(6,7)48(15-18-57(82)100)68(91-55)45(4)72(77)92-74;1-4-6(16)7(17)10(18-4)15-3-14-5-8(11)12-2-13-9(5)15;;/h28-29,31,41,44,47-50,54,70-71,74-75,98,115H,12-27,30,32-40H2,1-11H3,(H19,81,82,83,84,85,86,87,88,90,91,92,93,99,100,101,102,103,104,105,106,107,108,109,110,111,112,113,114,116,117);2-4,6-7,10,16-17H,1H2,(H2,11,12,13);;/q;-1;2*+3/p-2/t44-,47-,48-,49-,50+,54-,70-,71-,74-,75+,77-,78+,79+,80+;4-,6-,7-,10-;;/m11../s1/i;;;1-4. The Hall–Kier alpha value is -10.2. The van der Waals surface area contributed by atoms with E-state index < -0.39 is 243 Å². The van der Waals surface area contributed by atoms with Crippen LogP contribution in [0.3, 0.4) is 0 Å². The Morgan fingerprint density at radius 2 is 1.18 bits per heavy atom. The summed E-state index contributed by atoms with van der Waals surface area (Å²) in [7, 11) is -5.40. The van der Waals surface area contributed by atoms with E-state index >= 15 is 0 Å². The predicted molar refractivity (Wildman–Crippen MR) is 504 cm³/mol. The maximum atomic E-state index is 14.6. The van der Waals surface area contributed by atoms with Gasteiger partial charge >= 0.3 is 66.5 Å². The van der Waals surface area contributed by atoms with Crippen molar-refractivity contribution in [1.29, 1.82) is 0 Å². The van der Waals surface area contributed by atoms with Crippen LogP contribution in [0.4, 0.5) is 5.82 Å². The van der Waals surface area contributed by atoms with Crippen LogP contribution in [0.1, 0.15) is 169 Å². The molecule has 10 heterocycles. The summed E-state index contributed by atoms with van der Waals surface area (Å²) >= 11 is 0. The molecular weight excluding hydrogens is 2010 g/mol. The number of rotatable bonds is 48. The molecule has 8 bridgehead atoms. The number of amides is 8. The Labute approximate surface area is 842 Å². The van der Waals surface area contributed by atoms with Gasteiger partial charge in [0.05, 0.1) is 86.5 Å². The zero-order chi connectivity index (χ0) is 103. The van der Waals surface area contributed by atoms with E-state index in [1.54, 1.807) is 40.7 Å². The Kier molecular flexibility index (Phi) is 39.9. The maximum absolute atomic E-state index is 14.6. The molecule has 19 atom stereocenters. The fraction of sp³-hybridized carbons (Fsp3) is 0.622. The molecule has 1 unspecified atom stereocenters. The number of aliphatic hydroxyl groups is 4. The molecule has 141 heavy (non-hydrogen) atoms. The molecule has 3 fully saturated rings. The third kappa shape index (κ3) is 27.3. The number of aromatic nitrogens is 6. The Morgan fingerprint density at radius 3 is 1.73 bits per heavy atom.